The molecule has 0 aromatic heterocycles. The van der Waals surface area contributed by atoms with Gasteiger partial charge in [0.1, 0.15) is 0 Å². The first kappa shape index (κ1) is 17.7. The molecule has 0 aliphatic rings. The average molecular weight is 362 g/mol. The molecule has 0 bridgehead atoms. The molecule has 0 heterocycles. The maximum absolute atomic E-state index is 12.8. The summed E-state index contributed by atoms with van der Waals surface area (Å²) in [4.78, 5) is 0.402. The average Bonchev–Trinajstić information content (AvgIpc) is 2.42. The van der Waals surface area contributed by atoms with Crippen LogP contribution in [0.25, 0.3) is 0 Å². The van der Waals surface area contributed by atoms with E-state index in [0.29, 0.717) is 23.9 Å². The normalized spacial score (nSPS) is 12.3. The third-order valence-electron chi connectivity index (χ3n) is 3.74. The predicted octanol–water partition coefficient (Wildman–Crippen LogP) is 4.20. The van der Waals surface area contributed by atoms with Gasteiger partial charge in [-0.3, -0.25) is 0 Å². The summed E-state index contributed by atoms with van der Waals surface area (Å²) in [7, 11) is -3.42. The Morgan fingerprint density at radius 3 is 2.30 bits per heavy atom. The van der Waals surface area contributed by atoms with E-state index in [1.807, 2.05) is 26.0 Å². The summed E-state index contributed by atoms with van der Waals surface area (Å²) in [5, 5.41) is 0. The Kier molecular flexibility index (Phi) is 6.69. The minimum atomic E-state index is -3.42. The number of halogens is 1. The molecule has 0 spiro atoms. The van der Waals surface area contributed by atoms with E-state index in [1.165, 1.54) is 0 Å². The van der Waals surface area contributed by atoms with Crippen LogP contribution < -0.4 is 0 Å². The summed E-state index contributed by atoms with van der Waals surface area (Å²) in [6.45, 7) is 9.05. The lowest BCUT2D eigenvalue weighted by Gasteiger charge is -2.25. The van der Waals surface area contributed by atoms with Crippen LogP contribution in [0.3, 0.4) is 0 Å². The minimum absolute atomic E-state index is 0.402. The molecule has 1 aromatic carbocycles. The predicted molar refractivity (Wildman–Crippen MR) is 87.4 cm³/mol. The maximum Gasteiger partial charge on any atom is 0.243 e. The zero-order valence-corrected chi connectivity index (χ0v) is 15.1. The largest absolute Gasteiger partial charge is 0.243 e. The van der Waals surface area contributed by atoms with Gasteiger partial charge in [-0.05, 0) is 30.5 Å². The van der Waals surface area contributed by atoms with Crippen molar-refractivity contribution in [3.05, 3.63) is 28.2 Å². The van der Waals surface area contributed by atoms with Crippen molar-refractivity contribution in [2.24, 2.45) is 5.92 Å². The molecule has 5 heteroatoms. The number of sulfonamides is 1. The molecule has 0 amide bonds. The van der Waals surface area contributed by atoms with Crippen LogP contribution in [0, 0.1) is 12.8 Å². The van der Waals surface area contributed by atoms with Gasteiger partial charge in [-0.25, -0.2) is 8.42 Å². The van der Waals surface area contributed by atoms with E-state index in [2.05, 4.69) is 29.8 Å². The van der Waals surface area contributed by atoms with E-state index < -0.39 is 10.0 Å². The Bertz CT molecular complexity index is 539. The Labute approximate surface area is 131 Å². The second-order valence-electron chi connectivity index (χ2n) is 5.05. The quantitative estimate of drug-likeness (QED) is 0.729. The van der Waals surface area contributed by atoms with Crippen LogP contribution in [0.2, 0.25) is 0 Å². The zero-order chi connectivity index (χ0) is 15.3. The lowest BCUT2D eigenvalue weighted by Crippen LogP contribution is -2.35. The fourth-order valence-electron chi connectivity index (χ4n) is 2.22. The van der Waals surface area contributed by atoms with Crippen molar-refractivity contribution >= 4 is 26.0 Å². The van der Waals surface area contributed by atoms with Crippen LogP contribution in [0.1, 0.15) is 39.2 Å². The van der Waals surface area contributed by atoms with Gasteiger partial charge in [0.2, 0.25) is 10.0 Å². The molecule has 1 aromatic rings. The molecule has 0 saturated heterocycles. The lowest BCUT2D eigenvalue weighted by molar-refractivity contribution is 0.339. The van der Waals surface area contributed by atoms with Gasteiger partial charge in [0.05, 0.1) is 4.90 Å². The van der Waals surface area contributed by atoms with Crippen molar-refractivity contribution in [1.82, 2.24) is 4.31 Å². The first-order valence-corrected chi connectivity index (χ1v) is 9.36. The highest BCUT2D eigenvalue weighted by Crippen LogP contribution is 2.25. The third kappa shape index (κ3) is 4.06. The molecule has 20 heavy (non-hydrogen) atoms. The standard InChI is InChI=1S/C15H24BrNO2S/c1-5-13(6-2)11-17(7-3)20(18,19)15-10-14(16)9-8-12(15)4/h8-10,13H,5-7,11H2,1-4H3. The molecule has 0 saturated carbocycles. The number of hydrogen-bond acceptors (Lipinski definition) is 2. The number of rotatable bonds is 7. The van der Waals surface area contributed by atoms with Crippen LogP contribution in [-0.4, -0.2) is 25.8 Å². The summed E-state index contributed by atoms with van der Waals surface area (Å²) in [5.74, 6) is 0.414. The Hall–Kier alpha value is -0.390. The molecule has 0 unspecified atom stereocenters. The van der Waals surface area contributed by atoms with Gasteiger partial charge in [0, 0.05) is 17.6 Å². The molecule has 0 aliphatic heterocycles. The van der Waals surface area contributed by atoms with Crippen molar-refractivity contribution < 1.29 is 8.42 Å². The van der Waals surface area contributed by atoms with Crippen LogP contribution in [0.5, 0.6) is 0 Å². The summed E-state index contributed by atoms with van der Waals surface area (Å²) < 4.78 is 28.0. The van der Waals surface area contributed by atoms with Gasteiger partial charge in [0.15, 0.2) is 0 Å². The van der Waals surface area contributed by atoms with Crippen LogP contribution >= 0.6 is 15.9 Å². The molecule has 3 nitrogen and oxygen atoms in total. The van der Waals surface area contributed by atoms with Crippen molar-refractivity contribution in [1.29, 1.82) is 0 Å². The Morgan fingerprint density at radius 2 is 1.80 bits per heavy atom. The van der Waals surface area contributed by atoms with Crippen molar-refractivity contribution in [2.45, 2.75) is 45.4 Å². The first-order valence-electron chi connectivity index (χ1n) is 7.13. The van der Waals surface area contributed by atoms with E-state index in [4.69, 9.17) is 0 Å². The number of nitrogens with zero attached hydrogens (tertiary/aromatic N) is 1. The van der Waals surface area contributed by atoms with E-state index in [-0.39, 0.29) is 0 Å². The maximum atomic E-state index is 12.8. The van der Waals surface area contributed by atoms with Crippen molar-refractivity contribution in [3.63, 3.8) is 0 Å². The first-order chi connectivity index (χ1) is 9.36. The smallest absolute Gasteiger partial charge is 0.207 e. The van der Waals surface area contributed by atoms with Gasteiger partial charge in [0.25, 0.3) is 0 Å². The zero-order valence-electron chi connectivity index (χ0n) is 12.7. The fourth-order valence-corrected chi connectivity index (χ4v) is 4.51. The summed E-state index contributed by atoms with van der Waals surface area (Å²) in [6, 6.07) is 5.40. The Balaban J connectivity index is 3.15. The second-order valence-corrected chi connectivity index (χ2v) is 7.87. The number of aryl methyl sites for hydroxylation is 1. The van der Waals surface area contributed by atoms with E-state index in [1.54, 1.807) is 10.4 Å². The topological polar surface area (TPSA) is 37.4 Å². The molecular weight excluding hydrogens is 338 g/mol. The molecular formula is C15H24BrNO2S. The molecule has 1 rings (SSSR count). The monoisotopic (exact) mass is 361 g/mol. The molecule has 0 atom stereocenters. The highest BCUT2D eigenvalue weighted by atomic mass is 79.9. The fraction of sp³-hybridized carbons (Fsp3) is 0.600. The SMILES string of the molecule is CCC(CC)CN(CC)S(=O)(=O)c1cc(Br)ccc1C. The number of hydrogen-bond donors (Lipinski definition) is 0. The van der Waals surface area contributed by atoms with Gasteiger partial charge in [-0.15, -0.1) is 0 Å². The lowest BCUT2D eigenvalue weighted by atomic mass is 10.0. The number of benzene rings is 1. The van der Waals surface area contributed by atoms with Gasteiger partial charge < -0.3 is 0 Å². The van der Waals surface area contributed by atoms with Crippen LogP contribution in [-0.2, 0) is 10.0 Å². The van der Waals surface area contributed by atoms with E-state index in [9.17, 15) is 8.42 Å². The highest BCUT2D eigenvalue weighted by Gasteiger charge is 2.26. The summed E-state index contributed by atoms with van der Waals surface area (Å²) >= 11 is 3.36. The molecule has 0 radical (unpaired) electrons. The van der Waals surface area contributed by atoms with Crippen molar-refractivity contribution in [2.75, 3.05) is 13.1 Å². The van der Waals surface area contributed by atoms with E-state index in [0.717, 1.165) is 22.9 Å². The van der Waals surface area contributed by atoms with Gasteiger partial charge in [-0.2, -0.15) is 4.31 Å². The molecule has 114 valence electrons. The molecule has 0 aliphatic carbocycles. The van der Waals surface area contributed by atoms with Crippen LogP contribution in [0.15, 0.2) is 27.6 Å². The highest BCUT2D eigenvalue weighted by molar-refractivity contribution is 9.10. The summed E-state index contributed by atoms with van der Waals surface area (Å²) in [5.41, 5.74) is 0.788. The third-order valence-corrected chi connectivity index (χ3v) is 6.31. The Morgan fingerprint density at radius 1 is 1.20 bits per heavy atom. The van der Waals surface area contributed by atoms with Gasteiger partial charge >= 0.3 is 0 Å². The minimum Gasteiger partial charge on any atom is -0.207 e. The molecule has 0 fully saturated rings. The molecule has 0 N–H and O–H groups in total. The van der Waals surface area contributed by atoms with Gasteiger partial charge in [-0.1, -0.05) is 55.6 Å². The summed E-state index contributed by atoms with van der Waals surface area (Å²) in [6.07, 6.45) is 2.00. The second kappa shape index (κ2) is 7.57. The van der Waals surface area contributed by atoms with E-state index >= 15 is 0 Å². The van der Waals surface area contributed by atoms with Crippen LogP contribution in [0.4, 0.5) is 0 Å². The van der Waals surface area contributed by atoms with Crippen molar-refractivity contribution in [3.8, 4) is 0 Å².